The number of hydrogen-bond acceptors (Lipinski definition) is 4. The zero-order valence-corrected chi connectivity index (χ0v) is 12.5. The van der Waals surface area contributed by atoms with Crippen molar-refractivity contribution in [1.82, 2.24) is 0 Å². The van der Waals surface area contributed by atoms with Crippen molar-refractivity contribution in [1.29, 1.82) is 0 Å². The molecule has 2 aromatic rings. The number of ether oxygens (including phenoxy) is 1. The van der Waals surface area contributed by atoms with Crippen LogP contribution in [0.25, 0.3) is 11.0 Å². The van der Waals surface area contributed by atoms with Crippen LogP contribution in [-0.2, 0) is 11.2 Å². The van der Waals surface area contributed by atoms with Gasteiger partial charge in [0.25, 0.3) is 0 Å². The van der Waals surface area contributed by atoms with Gasteiger partial charge < -0.3 is 9.15 Å². The van der Waals surface area contributed by atoms with Crippen molar-refractivity contribution in [2.75, 3.05) is 6.61 Å². The van der Waals surface area contributed by atoms with Crippen LogP contribution in [-0.4, -0.2) is 12.6 Å². The molecule has 1 aromatic heterocycles. The van der Waals surface area contributed by atoms with Crippen molar-refractivity contribution in [2.45, 2.75) is 39.5 Å². The molecule has 0 bridgehead atoms. The second-order valence-corrected chi connectivity index (χ2v) is 4.90. The maximum Gasteiger partial charge on any atom is 0.345 e. The fourth-order valence-corrected chi connectivity index (χ4v) is 2.31. The Labute approximate surface area is 123 Å². The molecular weight excluding hydrogens is 268 g/mol. The zero-order chi connectivity index (χ0) is 15.2. The minimum Gasteiger partial charge on any atom is -0.462 e. The van der Waals surface area contributed by atoms with Gasteiger partial charge in [-0.05, 0) is 25.5 Å². The molecule has 0 unspecified atom stereocenters. The van der Waals surface area contributed by atoms with Gasteiger partial charge in [0.1, 0.15) is 16.9 Å². The van der Waals surface area contributed by atoms with Gasteiger partial charge in [-0.2, -0.15) is 0 Å². The largest absolute Gasteiger partial charge is 0.462 e. The number of rotatable bonds is 6. The summed E-state index contributed by atoms with van der Waals surface area (Å²) in [5.74, 6) is -0.158. The first-order chi connectivity index (χ1) is 10.2. The average molecular weight is 288 g/mol. The van der Waals surface area contributed by atoms with Crippen molar-refractivity contribution >= 4 is 16.9 Å². The van der Waals surface area contributed by atoms with E-state index >= 15 is 0 Å². The number of fused-ring (bicyclic) bond motifs is 1. The van der Waals surface area contributed by atoms with Crippen LogP contribution in [0.2, 0.25) is 0 Å². The Morgan fingerprint density at radius 1 is 1.19 bits per heavy atom. The van der Waals surface area contributed by atoms with E-state index in [0.29, 0.717) is 23.2 Å². The van der Waals surface area contributed by atoms with Gasteiger partial charge in [-0.25, -0.2) is 4.79 Å². The van der Waals surface area contributed by atoms with E-state index in [-0.39, 0.29) is 17.6 Å². The fourth-order valence-electron chi connectivity index (χ4n) is 2.31. The normalized spacial score (nSPS) is 10.8. The van der Waals surface area contributed by atoms with Crippen molar-refractivity contribution in [3.63, 3.8) is 0 Å². The van der Waals surface area contributed by atoms with Gasteiger partial charge in [-0.15, -0.1) is 0 Å². The molecule has 112 valence electrons. The lowest BCUT2D eigenvalue weighted by Gasteiger charge is -2.09. The highest BCUT2D eigenvalue weighted by molar-refractivity contribution is 5.94. The lowest BCUT2D eigenvalue weighted by molar-refractivity contribution is 0.0520. The van der Waals surface area contributed by atoms with E-state index in [9.17, 15) is 9.59 Å². The molecule has 0 radical (unpaired) electrons. The van der Waals surface area contributed by atoms with Crippen molar-refractivity contribution < 1.29 is 13.9 Å². The Morgan fingerprint density at radius 3 is 2.67 bits per heavy atom. The summed E-state index contributed by atoms with van der Waals surface area (Å²) in [6.07, 6.45) is 3.54. The van der Waals surface area contributed by atoms with Gasteiger partial charge in [0.15, 0.2) is 0 Å². The lowest BCUT2D eigenvalue weighted by atomic mass is 10.1. The molecule has 0 spiro atoms. The summed E-state index contributed by atoms with van der Waals surface area (Å²) in [6.45, 7) is 4.06. The van der Waals surface area contributed by atoms with E-state index in [1.165, 1.54) is 0 Å². The predicted molar refractivity (Wildman–Crippen MR) is 81.7 cm³/mol. The Balaban J connectivity index is 2.54. The van der Waals surface area contributed by atoms with Crippen LogP contribution in [0.4, 0.5) is 0 Å². The van der Waals surface area contributed by atoms with Crippen LogP contribution in [0, 0.1) is 0 Å². The zero-order valence-electron chi connectivity index (χ0n) is 12.5. The predicted octanol–water partition coefficient (Wildman–Crippen LogP) is 3.70. The first-order valence-corrected chi connectivity index (χ1v) is 7.40. The topological polar surface area (TPSA) is 56.5 Å². The van der Waals surface area contributed by atoms with Crippen molar-refractivity contribution in [2.24, 2.45) is 0 Å². The standard InChI is InChI=1S/C17H20O4/c1-3-5-6-11-14-15(17(19)20-4-2)16(18)12-9-7-8-10-13(12)21-14/h7-10H,3-6,11H2,1-2H3. The van der Waals surface area contributed by atoms with Gasteiger partial charge >= 0.3 is 5.97 Å². The molecule has 0 amide bonds. The highest BCUT2D eigenvalue weighted by Gasteiger charge is 2.21. The van der Waals surface area contributed by atoms with E-state index in [2.05, 4.69) is 6.92 Å². The monoisotopic (exact) mass is 288 g/mol. The molecule has 4 nitrogen and oxygen atoms in total. The Bertz CT molecular complexity index is 685. The summed E-state index contributed by atoms with van der Waals surface area (Å²) in [5.41, 5.74) is 0.260. The van der Waals surface area contributed by atoms with Gasteiger partial charge in [0, 0.05) is 6.42 Å². The minimum atomic E-state index is -0.594. The van der Waals surface area contributed by atoms with Crippen LogP contribution in [0.1, 0.15) is 49.2 Å². The lowest BCUT2D eigenvalue weighted by Crippen LogP contribution is -2.20. The average Bonchev–Trinajstić information content (AvgIpc) is 2.48. The van der Waals surface area contributed by atoms with Gasteiger partial charge in [-0.1, -0.05) is 31.9 Å². The van der Waals surface area contributed by atoms with Gasteiger partial charge in [0.2, 0.25) is 5.43 Å². The van der Waals surface area contributed by atoms with Gasteiger partial charge in [-0.3, -0.25) is 4.79 Å². The quantitative estimate of drug-likeness (QED) is 0.600. The number of carbonyl (C=O) groups is 1. The number of benzene rings is 1. The van der Waals surface area contributed by atoms with E-state index in [1.54, 1.807) is 25.1 Å². The van der Waals surface area contributed by atoms with Crippen LogP contribution in [0.3, 0.4) is 0 Å². The first kappa shape index (κ1) is 15.3. The molecule has 0 saturated carbocycles. The van der Waals surface area contributed by atoms with Crippen LogP contribution in [0.15, 0.2) is 33.5 Å². The number of hydrogen-bond donors (Lipinski definition) is 0. The van der Waals surface area contributed by atoms with Crippen LogP contribution in [0.5, 0.6) is 0 Å². The molecule has 21 heavy (non-hydrogen) atoms. The highest BCUT2D eigenvalue weighted by atomic mass is 16.5. The number of aryl methyl sites for hydroxylation is 1. The molecule has 0 aliphatic heterocycles. The van der Waals surface area contributed by atoms with Crippen LogP contribution < -0.4 is 5.43 Å². The van der Waals surface area contributed by atoms with Crippen molar-refractivity contribution in [3.8, 4) is 0 Å². The number of esters is 1. The Kier molecular flexibility index (Phi) is 5.14. The molecule has 0 saturated heterocycles. The molecule has 2 rings (SSSR count). The van der Waals surface area contributed by atoms with E-state index in [4.69, 9.17) is 9.15 Å². The summed E-state index contributed by atoms with van der Waals surface area (Å²) < 4.78 is 10.8. The Morgan fingerprint density at radius 2 is 1.95 bits per heavy atom. The van der Waals surface area contributed by atoms with E-state index in [1.807, 2.05) is 6.07 Å². The third-order valence-corrected chi connectivity index (χ3v) is 3.36. The van der Waals surface area contributed by atoms with Crippen LogP contribution >= 0.6 is 0 Å². The van der Waals surface area contributed by atoms with E-state index < -0.39 is 5.97 Å². The molecule has 0 N–H and O–H groups in total. The number of para-hydroxylation sites is 1. The SMILES string of the molecule is CCCCCc1oc2ccccc2c(=O)c1C(=O)OCC. The minimum absolute atomic E-state index is 0.0478. The van der Waals surface area contributed by atoms with Crippen molar-refractivity contribution in [3.05, 3.63) is 45.8 Å². The number of carbonyl (C=O) groups excluding carboxylic acids is 1. The second-order valence-electron chi connectivity index (χ2n) is 4.90. The molecule has 4 heteroatoms. The third-order valence-electron chi connectivity index (χ3n) is 3.36. The maximum absolute atomic E-state index is 12.5. The molecule has 0 aliphatic rings. The van der Waals surface area contributed by atoms with E-state index in [0.717, 1.165) is 19.3 Å². The maximum atomic E-state index is 12.5. The Hall–Kier alpha value is -2.10. The smallest absolute Gasteiger partial charge is 0.345 e. The molecule has 1 heterocycles. The number of unbranched alkanes of at least 4 members (excludes halogenated alkanes) is 2. The summed E-state index contributed by atoms with van der Waals surface area (Å²) >= 11 is 0. The first-order valence-electron chi connectivity index (χ1n) is 7.40. The summed E-state index contributed by atoms with van der Waals surface area (Å²) in [5, 5.41) is 0.416. The molecule has 0 fully saturated rings. The second kappa shape index (κ2) is 7.07. The molecular formula is C17H20O4. The summed E-state index contributed by atoms with van der Waals surface area (Å²) in [4.78, 5) is 24.6. The molecule has 0 atom stereocenters. The molecule has 0 aliphatic carbocycles. The fraction of sp³-hybridized carbons (Fsp3) is 0.412. The summed E-state index contributed by atoms with van der Waals surface area (Å²) in [7, 11) is 0. The third kappa shape index (κ3) is 3.32. The summed E-state index contributed by atoms with van der Waals surface area (Å²) in [6, 6.07) is 6.98. The van der Waals surface area contributed by atoms with Gasteiger partial charge in [0.05, 0.1) is 12.0 Å². The molecule has 1 aromatic carbocycles. The highest BCUT2D eigenvalue weighted by Crippen LogP contribution is 2.18.